The summed E-state index contributed by atoms with van der Waals surface area (Å²) in [4.78, 5) is 22.2. The summed E-state index contributed by atoms with van der Waals surface area (Å²) in [5.74, 6) is -0.170. The quantitative estimate of drug-likeness (QED) is 0.146. The van der Waals surface area contributed by atoms with Crippen LogP contribution in [0.4, 0.5) is 0 Å². The molecule has 0 saturated carbocycles. The fourth-order valence-corrected chi connectivity index (χ4v) is 5.41. The highest BCUT2D eigenvalue weighted by atomic mass is 31.2. The topological polar surface area (TPSA) is 169 Å². The smallest absolute Gasteiger partial charge is 0.330 e. The average Bonchev–Trinajstić information content (AvgIpc) is 3.12. The van der Waals surface area contributed by atoms with Crippen molar-refractivity contribution in [2.75, 3.05) is 25.9 Å². The first-order chi connectivity index (χ1) is 17.2. The summed E-state index contributed by atoms with van der Waals surface area (Å²) >= 11 is 0. The molecule has 1 fully saturated rings. The number of amides is 1. The van der Waals surface area contributed by atoms with Crippen LogP contribution in [0.15, 0.2) is 54.6 Å². The van der Waals surface area contributed by atoms with E-state index < -0.39 is 44.2 Å². The van der Waals surface area contributed by atoms with Crippen molar-refractivity contribution in [3.63, 3.8) is 0 Å². The Balaban J connectivity index is 1.32. The van der Waals surface area contributed by atoms with Gasteiger partial charge in [0.2, 0.25) is 5.91 Å². The summed E-state index contributed by atoms with van der Waals surface area (Å²) in [7, 11) is -4.10. The van der Waals surface area contributed by atoms with Crippen LogP contribution in [0.25, 0.3) is 11.1 Å². The molecule has 10 nitrogen and oxygen atoms in total. The van der Waals surface area contributed by atoms with Crippen LogP contribution in [0.2, 0.25) is 0 Å². The monoisotopic (exact) mass is 522 g/mol. The Bertz CT molecular complexity index is 1010. The van der Waals surface area contributed by atoms with Crippen molar-refractivity contribution in [2.24, 2.45) is 0 Å². The van der Waals surface area contributed by atoms with E-state index in [1.165, 1.54) is 0 Å². The Kier molecular flexibility index (Phi) is 10.6. The van der Waals surface area contributed by atoms with E-state index in [1.54, 1.807) is 0 Å². The third kappa shape index (κ3) is 8.47. The van der Waals surface area contributed by atoms with Gasteiger partial charge in [-0.25, -0.2) is 0 Å². The van der Waals surface area contributed by atoms with E-state index in [1.807, 2.05) is 54.6 Å². The van der Waals surface area contributed by atoms with Crippen LogP contribution in [0.3, 0.4) is 0 Å². The first kappa shape index (κ1) is 28.4. The Morgan fingerprint density at radius 2 is 1.67 bits per heavy atom. The van der Waals surface area contributed by atoms with Crippen molar-refractivity contribution in [1.29, 1.82) is 0 Å². The zero-order valence-corrected chi connectivity index (χ0v) is 20.8. The second-order valence-electron chi connectivity index (χ2n) is 9.03. The first-order valence-corrected chi connectivity index (χ1v) is 13.7. The van der Waals surface area contributed by atoms with Gasteiger partial charge in [0.25, 0.3) is 0 Å². The van der Waals surface area contributed by atoms with Crippen LogP contribution < -0.4 is 10.6 Å². The highest BCUT2D eigenvalue weighted by Gasteiger charge is 2.41. The van der Waals surface area contributed by atoms with Gasteiger partial charge in [0, 0.05) is 12.6 Å². The summed E-state index contributed by atoms with van der Waals surface area (Å²) < 4.78 is 17.3. The van der Waals surface area contributed by atoms with E-state index in [0.29, 0.717) is 6.42 Å². The molecule has 1 heterocycles. The zero-order valence-electron chi connectivity index (χ0n) is 19.9. The lowest BCUT2D eigenvalue weighted by molar-refractivity contribution is -0.120. The van der Waals surface area contributed by atoms with Gasteiger partial charge in [-0.05, 0) is 29.5 Å². The minimum atomic E-state index is -4.10. The molecular formula is C25H35N2O8P. The molecule has 0 radical (unpaired) electrons. The van der Waals surface area contributed by atoms with E-state index >= 15 is 0 Å². The van der Waals surface area contributed by atoms with Crippen LogP contribution in [0.5, 0.6) is 0 Å². The fourth-order valence-electron chi connectivity index (χ4n) is 4.20. The van der Waals surface area contributed by atoms with Crippen molar-refractivity contribution < 1.29 is 39.2 Å². The summed E-state index contributed by atoms with van der Waals surface area (Å²) in [6, 6.07) is 16.2. The second-order valence-corrected chi connectivity index (χ2v) is 10.9. The van der Waals surface area contributed by atoms with Crippen molar-refractivity contribution in [3.05, 3.63) is 60.2 Å². The van der Waals surface area contributed by atoms with Crippen molar-refractivity contribution in [2.45, 2.75) is 49.7 Å². The first-order valence-electron chi connectivity index (χ1n) is 12.0. The lowest BCUT2D eigenvalue weighted by Crippen LogP contribution is -2.38. The fraction of sp³-hybridized carbons (Fsp3) is 0.480. The number of aliphatic hydroxyl groups excluding tert-OH is 4. The lowest BCUT2D eigenvalue weighted by Gasteiger charge is -2.21. The van der Waals surface area contributed by atoms with Gasteiger partial charge in [-0.1, -0.05) is 54.6 Å². The second kappa shape index (κ2) is 13.4. The Labute approximate surface area is 210 Å². The average molecular weight is 523 g/mol. The van der Waals surface area contributed by atoms with Gasteiger partial charge in [-0.15, -0.1) is 0 Å². The number of carbonyl (C=O) groups is 1. The number of aliphatic hydroxyl groups is 4. The standard InChI is InChI=1S/C25H35N2O8P/c28-15-22-25(32)24(31)21(27-22)14-20(29)16-36(33,34)35-12-4-11-26-23(30)13-17-7-9-19(10-8-17)18-5-2-1-3-6-18/h1-3,5-10,20-22,24-25,27-29,31-32H,4,11-16H2,(H,26,30)(H,33,34)/t20-,21-,22-,24-,25-/m1/s1. The predicted octanol–water partition coefficient (Wildman–Crippen LogP) is 0.410. The maximum atomic E-state index is 12.2. The molecule has 0 aromatic heterocycles. The van der Waals surface area contributed by atoms with Crippen LogP contribution >= 0.6 is 7.60 Å². The largest absolute Gasteiger partial charge is 0.395 e. The minimum absolute atomic E-state index is 0.0812. The highest BCUT2D eigenvalue weighted by molar-refractivity contribution is 7.52. The molecule has 2 aromatic rings. The molecule has 1 aliphatic heterocycles. The van der Waals surface area contributed by atoms with Crippen molar-refractivity contribution >= 4 is 13.5 Å². The van der Waals surface area contributed by atoms with Gasteiger partial charge in [-0.2, -0.15) is 0 Å². The number of hydrogen-bond acceptors (Lipinski definition) is 8. The number of carbonyl (C=O) groups excluding carboxylic acids is 1. The van der Waals surface area contributed by atoms with E-state index in [-0.39, 0.29) is 38.5 Å². The molecule has 6 atom stereocenters. The molecule has 36 heavy (non-hydrogen) atoms. The molecule has 2 aromatic carbocycles. The minimum Gasteiger partial charge on any atom is -0.395 e. The lowest BCUT2D eigenvalue weighted by atomic mass is 10.0. The van der Waals surface area contributed by atoms with Gasteiger partial charge < -0.3 is 40.5 Å². The molecule has 198 valence electrons. The van der Waals surface area contributed by atoms with Crippen LogP contribution in [0, 0.1) is 0 Å². The van der Waals surface area contributed by atoms with Crippen LogP contribution in [0.1, 0.15) is 18.4 Å². The normalized spacial score (nSPS) is 24.2. The third-order valence-corrected chi connectivity index (χ3v) is 7.60. The molecule has 11 heteroatoms. The van der Waals surface area contributed by atoms with E-state index in [4.69, 9.17) is 9.63 Å². The summed E-state index contributed by atoms with van der Waals surface area (Å²) in [5.41, 5.74) is 3.04. The van der Waals surface area contributed by atoms with Gasteiger partial charge in [0.15, 0.2) is 0 Å². The van der Waals surface area contributed by atoms with Crippen LogP contribution in [-0.2, 0) is 20.3 Å². The molecule has 3 rings (SSSR count). The van der Waals surface area contributed by atoms with E-state index in [0.717, 1.165) is 16.7 Å². The Hall–Kier alpha value is -2.14. The highest BCUT2D eigenvalue weighted by Crippen LogP contribution is 2.43. The molecule has 7 N–H and O–H groups in total. The van der Waals surface area contributed by atoms with Gasteiger partial charge in [0.05, 0.1) is 50.2 Å². The molecule has 1 unspecified atom stereocenters. The SMILES string of the molecule is O=C(Cc1ccc(-c2ccccc2)cc1)NCCCOP(=O)(O)C[C@H](O)C[C@H]1N[C@H](CO)[C@@H](O)[C@@H]1O. The molecule has 1 aliphatic rings. The summed E-state index contributed by atoms with van der Waals surface area (Å²) in [6.45, 7) is -0.201. The predicted molar refractivity (Wildman–Crippen MR) is 134 cm³/mol. The number of hydrogen-bond donors (Lipinski definition) is 7. The summed E-state index contributed by atoms with van der Waals surface area (Å²) in [6.07, 6.45) is -3.76. The van der Waals surface area contributed by atoms with Gasteiger partial charge in [0.1, 0.15) is 0 Å². The molecule has 0 aliphatic carbocycles. The number of nitrogens with one attached hydrogen (secondary N) is 2. The molecule has 0 bridgehead atoms. The maximum Gasteiger partial charge on any atom is 0.330 e. The number of rotatable bonds is 13. The van der Waals surface area contributed by atoms with Crippen LogP contribution in [-0.4, -0.2) is 87.5 Å². The van der Waals surface area contributed by atoms with Gasteiger partial charge in [-0.3, -0.25) is 9.36 Å². The summed E-state index contributed by atoms with van der Waals surface area (Å²) in [5, 5.41) is 44.6. The molecule has 1 saturated heterocycles. The van der Waals surface area contributed by atoms with Crippen molar-refractivity contribution in [1.82, 2.24) is 10.6 Å². The Morgan fingerprint density at radius 3 is 2.31 bits per heavy atom. The van der Waals surface area contributed by atoms with E-state index in [2.05, 4.69) is 10.6 Å². The third-order valence-electron chi connectivity index (χ3n) is 6.13. The molecule has 1 amide bonds. The zero-order chi connectivity index (χ0) is 26.1. The van der Waals surface area contributed by atoms with Crippen molar-refractivity contribution in [3.8, 4) is 11.1 Å². The Morgan fingerprint density at radius 1 is 1.03 bits per heavy atom. The number of benzene rings is 2. The maximum absolute atomic E-state index is 12.2. The molecule has 0 spiro atoms. The van der Waals surface area contributed by atoms with Gasteiger partial charge >= 0.3 is 7.60 Å². The molecular weight excluding hydrogens is 487 g/mol. The van der Waals surface area contributed by atoms with E-state index in [9.17, 15) is 29.6 Å².